The molecule has 2 heterocycles. The van der Waals surface area contributed by atoms with Crippen LogP contribution in [-0.4, -0.2) is 49.3 Å². The molecular weight excluding hydrogens is 386 g/mol. The number of ether oxygens (including phenoxy) is 2. The lowest BCUT2D eigenvalue weighted by atomic mass is 10.0. The summed E-state index contributed by atoms with van der Waals surface area (Å²) in [6.07, 6.45) is 11.1. The fraction of sp³-hybridized carbons (Fsp3) is 0.654. The van der Waals surface area contributed by atoms with Crippen molar-refractivity contribution in [3.8, 4) is 11.5 Å². The molecule has 2 atom stereocenters. The van der Waals surface area contributed by atoms with Gasteiger partial charge in [-0.2, -0.15) is 0 Å². The third-order valence-electron chi connectivity index (χ3n) is 7.60. The number of nitrogens with zero attached hydrogens (tertiary/aromatic N) is 2. The van der Waals surface area contributed by atoms with Crippen molar-refractivity contribution < 1.29 is 9.47 Å². The molecule has 2 aliphatic carbocycles. The number of aromatic nitrogens is 1. The number of hydrogen-bond acceptors (Lipinski definition) is 5. The Bertz CT molecular complexity index is 923. The van der Waals surface area contributed by atoms with Gasteiger partial charge in [0.1, 0.15) is 5.82 Å². The summed E-state index contributed by atoms with van der Waals surface area (Å²) in [5.74, 6) is 3.49. The first-order valence-corrected chi connectivity index (χ1v) is 12.4. The molecule has 1 aromatic carbocycles. The highest BCUT2D eigenvalue weighted by Gasteiger charge is 2.27. The molecule has 168 valence electrons. The van der Waals surface area contributed by atoms with Gasteiger partial charge in [-0.1, -0.05) is 13.3 Å². The van der Waals surface area contributed by atoms with Crippen LogP contribution in [0.15, 0.2) is 12.1 Å². The third kappa shape index (κ3) is 4.34. The highest BCUT2D eigenvalue weighted by molar-refractivity contribution is 5.89. The molecule has 1 saturated carbocycles. The van der Waals surface area contributed by atoms with Gasteiger partial charge >= 0.3 is 0 Å². The van der Waals surface area contributed by atoms with E-state index in [4.69, 9.17) is 14.5 Å². The number of rotatable bonds is 8. The second-order valence-electron chi connectivity index (χ2n) is 9.70. The summed E-state index contributed by atoms with van der Waals surface area (Å²) >= 11 is 0. The van der Waals surface area contributed by atoms with E-state index in [-0.39, 0.29) is 0 Å². The first kappa shape index (κ1) is 20.9. The molecule has 1 aromatic heterocycles. The van der Waals surface area contributed by atoms with Gasteiger partial charge in [0.2, 0.25) is 0 Å². The minimum atomic E-state index is 0.550. The Morgan fingerprint density at radius 3 is 2.65 bits per heavy atom. The summed E-state index contributed by atoms with van der Waals surface area (Å²) in [4.78, 5) is 7.65. The van der Waals surface area contributed by atoms with E-state index in [1.165, 1.54) is 68.1 Å². The number of pyridine rings is 1. The number of aryl methyl sites for hydroxylation is 1. The maximum Gasteiger partial charge on any atom is 0.163 e. The monoisotopic (exact) mass is 423 g/mol. The zero-order valence-corrected chi connectivity index (χ0v) is 19.2. The number of benzene rings is 1. The van der Waals surface area contributed by atoms with Crippen LogP contribution in [0.25, 0.3) is 10.9 Å². The van der Waals surface area contributed by atoms with Crippen LogP contribution in [0.2, 0.25) is 0 Å². The highest BCUT2D eigenvalue weighted by atomic mass is 16.5. The molecule has 0 amide bonds. The predicted molar refractivity (Wildman–Crippen MR) is 127 cm³/mol. The Morgan fingerprint density at radius 1 is 1.03 bits per heavy atom. The summed E-state index contributed by atoms with van der Waals surface area (Å²) in [5, 5.41) is 5.06. The van der Waals surface area contributed by atoms with Gasteiger partial charge in [0.05, 0.1) is 19.2 Å². The van der Waals surface area contributed by atoms with Crippen molar-refractivity contribution in [2.24, 2.45) is 5.92 Å². The second kappa shape index (κ2) is 9.23. The van der Waals surface area contributed by atoms with Crippen LogP contribution in [0.1, 0.15) is 63.0 Å². The predicted octanol–water partition coefficient (Wildman–Crippen LogP) is 5.20. The van der Waals surface area contributed by atoms with Crippen LogP contribution in [0.5, 0.6) is 11.5 Å². The average molecular weight is 424 g/mol. The van der Waals surface area contributed by atoms with Crippen molar-refractivity contribution in [2.45, 2.75) is 70.8 Å². The third-order valence-corrected chi connectivity index (χ3v) is 7.60. The lowest BCUT2D eigenvalue weighted by molar-refractivity contribution is 0.254. The van der Waals surface area contributed by atoms with Gasteiger partial charge < -0.3 is 19.7 Å². The van der Waals surface area contributed by atoms with E-state index >= 15 is 0 Å². The number of fused-ring (bicyclic) bond motifs is 3. The van der Waals surface area contributed by atoms with Gasteiger partial charge in [-0.15, -0.1) is 0 Å². The molecule has 0 radical (unpaired) electrons. The topological polar surface area (TPSA) is 46.6 Å². The molecule has 1 saturated heterocycles. The Balaban J connectivity index is 1.38. The van der Waals surface area contributed by atoms with Gasteiger partial charge in [-0.3, -0.25) is 0 Å². The van der Waals surface area contributed by atoms with E-state index in [0.717, 1.165) is 54.6 Å². The summed E-state index contributed by atoms with van der Waals surface area (Å²) < 4.78 is 11.9. The zero-order valence-electron chi connectivity index (χ0n) is 19.2. The standard InChI is InChI=1S/C26H37N3O2/c1-18-8-5-11-22(18)27-26-20-10-6-9-19(20)21-16-24(30-2)25(17-23(21)28-26)31-15-7-14-29-12-3-4-13-29/h16-18,22H,3-15H2,1-2H3,(H,27,28)/t18-,22+/m0/s1. The lowest BCUT2D eigenvalue weighted by Crippen LogP contribution is -2.23. The first-order valence-electron chi connectivity index (χ1n) is 12.4. The highest BCUT2D eigenvalue weighted by Crippen LogP contribution is 2.40. The van der Waals surface area contributed by atoms with Crippen LogP contribution in [-0.2, 0) is 12.8 Å². The van der Waals surface area contributed by atoms with Crippen LogP contribution in [0.4, 0.5) is 5.82 Å². The summed E-state index contributed by atoms with van der Waals surface area (Å²) in [7, 11) is 1.74. The van der Waals surface area contributed by atoms with Crippen molar-refractivity contribution in [1.82, 2.24) is 9.88 Å². The quantitative estimate of drug-likeness (QED) is 0.592. The Kier molecular flexibility index (Phi) is 6.22. The van der Waals surface area contributed by atoms with Gasteiger partial charge in [0.15, 0.2) is 11.5 Å². The van der Waals surface area contributed by atoms with E-state index < -0.39 is 0 Å². The van der Waals surface area contributed by atoms with Gasteiger partial charge in [0.25, 0.3) is 0 Å². The molecule has 31 heavy (non-hydrogen) atoms. The van der Waals surface area contributed by atoms with E-state index in [2.05, 4.69) is 29.3 Å². The summed E-state index contributed by atoms with van der Waals surface area (Å²) in [6.45, 7) is 6.68. The van der Waals surface area contributed by atoms with Crippen LogP contribution in [0, 0.1) is 5.92 Å². The second-order valence-corrected chi connectivity index (χ2v) is 9.70. The molecule has 5 nitrogen and oxygen atoms in total. The van der Waals surface area contributed by atoms with Crippen molar-refractivity contribution in [3.05, 3.63) is 23.3 Å². The average Bonchev–Trinajstić information content (AvgIpc) is 3.54. The lowest BCUT2D eigenvalue weighted by Gasteiger charge is -2.21. The Hall–Kier alpha value is -2.01. The summed E-state index contributed by atoms with van der Waals surface area (Å²) in [6, 6.07) is 4.81. The van der Waals surface area contributed by atoms with Crippen LogP contribution in [0.3, 0.4) is 0 Å². The SMILES string of the molecule is COc1cc2c3c(c(N[C@@H]4CCC[C@@H]4C)nc2cc1OCCCN1CCCC1)CCC3. The molecule has 0 spiro atoms. The fourth-order valence-electron chi connectivity index (χ4n) is 5.78. The van der Waals surface area contributed by atoms with E-state index in [0.29, 0.717) is 12.6 Å². The van der Waals surface area contributed by atoms with E-state index in [9.17, 15) is 0 Å². The number of hydrogen-bond donors (Lipinski definition) is 1. The van der Waals surface area contributed by atoms with E-state index in [1.54, 1.807) is 7.11 Å². The smallest absolute Gasteiger partial charge is 0.163 e. The van der Waals surface area contributed by atoms with Gasteiger partial charge in [-0.25, -0.2) is 4.98 Å². The number of methoxy groups -OCH3 is 1. The molecule has 0 unspecified atom stereocenters. The molecule has 2 aromatic rings. The molecule has 1 aliphatic heterocycles. The zero-order chi connectivity index (χ0) is 21.2. The molecule has 2 fully saturated rings. The minimum Gasteiger partial charge on any atom is -0.493 e. The Labute approximate surface area is 186 Å². The molecular formula is C26H37N3O2. The minimum absolute atomic E-state index is 0.550. The maximum atomic E-state index is 6.19. The number of likely N-dealkylation sites (tertiary alicyclic amines) is 1. The molecule has 0 bridgehead atoms. The number of nitrogens with one attached hydrogen (secondary N) is 1. The van der Waals surface area contributed by atoms with E-state index in [1.807, 2.05) is 0 Å². The summed E-state index contributed by atoms with van der Waals surface area (Å²) in [5.41, 5.74) is 3.91. The molecule has 5 heteroatoms. The molecule has 5 rings (SSSR count). The van der Waals surface area contributed by atoms with Crippen molar-refractivity contribution >= 4 is 16.7 Å². The fourth-order valence-corrected chi connectivity index (χ4v) is 5.78. The molecule has 3 aliphatic rings. The number of anilines is 1. The van der Waals surface area contributed by atoms with Crippen molar-refractivity contribution in [1.29, 1.82) is 0 Å². The van der Waals surface area contributed by atoms with Crippen molar-refractivity contribution in [3.63, 3.8) is 0 Å². The van der Waals surface area contributed by atoms with Crippen molar-refractivity contribution in [2.75, 3.05) is 38.7 Å². The van der Waals surface area contributed by atoms with Crippen LogP contribution >= 0.6 is 0 Å². The normalized spacial score (nSPS) is 23.4. The van der Waals surface area contributed by atoms with Gasteiger partial charge in [0, 0.05) is 24.0 Å². The van der Waals surface area contributed by atoms with Crippen LogP contribution < -0.4 is 14.8 Å². The first-order chi connectivity index (χ1) is 15.2. The maximum absolute atomic E-state index is 6.19. The Morgan fingerprint density at radius 2 is 1.87 bits per heavy atom. The molecule has 1 N–H and O–H groups in total. The van der Waals surface area contributed by atoms with Gasteiger partial charge in [-0.05, 0) is 87.6 Å². The largest absolute Gasteiger partial charge is 0.493 e.